The van der Waals surface area contributed by atoms with E-state index in [1.54, 1.807) is 25.1 Å². The fourth-order valence-corrected chi connectivity index (χ4v) is 2.05. The first-order valence-corrected chi connectivity index (χ1v) is 6.74. The van der Waals surface area contributed by atoms with E-state index in [0.29, 0.717) is 24.2 Å². The minimum Gasteiger partial charge on any atom is -0.462 e. The number of carbonyl (C=O) groups excluding carboxylic acids is 2. The number of benzene rings is 1. The van der Waals surface area contributed by atoms with Crippen molar-refractivity contribution in [3.05, 3.63) is 29.3 Å². The molecule has 0 unspecified atom stereocenters. The molecule has 4 heteroatoms. The summed E-state index contributed by atoms with van der Waals surface area (Å²) in [5.74, 6) is -0.342. The van der Waals surface area contributed by atoms with E-state index in [4.69, 9.17) is 4.74 Å². The molecule has 0 saturated carbocycles. The van der Waals surface area contributed by atoms with Crippen LogP contribution in [0.2, 0.25) is 0 Å². The number of rotatable bonds is 5. The number of ketones is 1. The summed E-state index contributed by atoms with van der Waals surface area (Å²) in [6, 6.07) is 5.10. The lowest BCUT2D eigenvalue weighted by Crippen LogP contribution is -2.07. The molecule has 92 valence electrons. The maximum Gasteiger partial charge on any atom is 0.338 e. The van der Waals surface area contributed by atoms with Gasteiger partial charge in [0.1, 0.15) is 0 Å². The van der Waals surface area contributed by atoms with E-state index in [-0.39, 0.29) is 11.8 Å². The van der Waals surface area contributed by atoms with E-state index in [1.807, 2.05) is 13.2 Å². The molecule has 0 N–H and O–H groups in total. The van der Waals surface area contributed by atoms with Gasteiger partial charge in [0, 0.05) is 16.9 Å². The molecule has 0 bridgehead atoms. The first-order valence-electron chi connectivity index (χ1n) is 5.52. The van der Waals surface area contributed by atoms with Crippen LogP contribution < -0.4 is 0 Å². The Labute approximate surface area is 106 Å². The van der Waals surface area contributed by atoms with Crippen molar-refractivity contribution >= 4 is 23.5 Å². The van der Waals surface area contributed by atoms with Gasteiger partial charge < -0.3 is 4.74 Å². The zero-order valence-electron chi connectivity index (χ0n) is 10.3. The maximum atomic E-state index is 11.8. The van der Waals surface area contributed by atoms with E-state index in [1.165, 1.54) is 11.8 Å². The Morgan fingerprint density at radius 2 is 2.00 bits per heavy atom. The molecule has 0 saturated heterocycles. The summed E-state index contributed by atoms with van der Waals surface area (Å²) < 4.78 is 4.91. The second kappa shape index (κ2) is 6.45. The van der Waals surface area contributed by atoms with Gasteiger partial charge >= 0.3 is 5.97 Å². The molecule has 1 rings (SSSR count). The van der Waals surface area contributed by atoms with Gasteiger partial charge in [-0.15, -0.1) is 11.8 Å². The molecule has 0 spiro atoms. The fraction of sp³-hybridized carbons (Fsp3) is 0.385. The Morgan fingerprint density at radius 1 is 1.29 bits per heavy atom. The van der Waals surface area contributed by atoms with Crippen LogP contribution in [0.3, 0.4) is 0 Å². The number of hydrogen-bond donors (Lipinski definition) is 0. The van der Waals surface area contributed by atoms with Gasteiger partial charge in [0.2, 0.25) is 0 Å². The molecule has 0 fully saturated rings. The van der Waals surface area contributed by atoms with E-state index < -0.39 is 0 Å². The van der Waals surface area contributed by atoms with Crippen LogP contribution in [0.15, 0.2) is 23.1 Å². The summed E-state index contributed by atoms with van der Waals surface area (Å²) in [5.41, 5.74) is 1.03. The summed E-state index contributed by atoms with van der Waals surface area (Å²) in [6.07, 6.45) is 2.34. The second-order valence-electron chi connectivity index (χ2n) is 3.41. The molecule has 0 aliphatic heterocycles. The van der Waals surface area contributed by atoms with E-state index in [0.717, 1.165) is 4.90 Å². The molecule has 0 radical (unpaired) electrons. The largest absolute Gasteiger partial charge is 0.462 e. The molecule has 0 heterocycles. The van der Waals surface area contributed by atoms with Gasteiger partial charge in [0.25, 0.3) is 0 Å². The van der Waals surface area contributed by atoms with Crippen LogP contribution in [0.25, 0.3) is 0 Å². The minimum absolute atomic E-state index is 0.0421. The summed E-state index contributed by atoms with van der Waals surface area (Å²) in [4.78, 5) is 24.2. The average molecular weight is 252 g/mol. The van der Waals surface area contributed by atoms with Crippen LogP contribution in [0, 0.1) is 0 Å². The number of thioether (sulfide) groups is 1. The van der Waals surface area contributed by atoms with Crippen molar-refractivity contribution in [2.75, 3.05) is 12.9 Å². The summed E-state index contributed by atoms with van der Waals surface area (Å²) in [7, 11) is 0. The van der Waals surface area contributed by atoms with Gasteiger partial charge in [0.15, 0.2) is 5.78 Å². The highest BCUT2D eigenvalue weighted by atomic mass is 32.2. The number of carbonyl (C=O) groups is 2. The van der Waals surface area contributed by atoms with Crippen molar-refractivity contribution in [2.24, 2.45) is 0 Å². The van der Waals surface area contributed by atoms with Gasteiger partial charge in [-0.25, -0.2) is 4.79 Å². The smallest absolute Gasteiger partial charge is 0.338 e. The predicted octanol–water partition coefficient (Wildman–Crippen LogP) is 3.18. The van der Waals surface area contributed by atoms with Crippen LogP contribution in [0.4, 0.5) is 0 Å². The number of ether oxygens (including phenoxy) is 1. The third kappa shape index (κ3) is 3.33. The molecule has 0 atom stereocenters. The Hall–Kier alpha value is -1.29. The van der Waals surface area contributed by atoms with Crippen LogP contribution in [-0.4, -0.2) is 24.6 Å². The van der Waals surface area contributed by atoms with Crippen molar-refractivity contribution in [1.29, 1.82) is 0 Å². The number of esters is 1. The lowest BCUT2D eigenvalue weighted by Gasteiger charge is -2.08. The normalized spacial score (nSPS) is 10.1. The SMILES string of the molecule is CCOC(=O)c1ccc(SC)c(C(=O)CC)c1. The zero-order chi connectivity index (χ0) is 12.8. The Bertz CT molecular complexity index is 427. The van der Waals surface area contributed by atoms with Gasteiger partial charge in [-0.3, -0.25) is 4.79 Å². The van der Waals surface area contributed by atoms with Crippen LogP contribution in [0.5, 0.6) is 0 Å². The molecule has 0 aliphatic rings. The molecule has 0 aliphatic carbocycles. The standard InChI is InChI=1S/C13H16O3S/c1-4-11(14)10-8-9(13(15)16-5-2)6-7-12(10)17-3/h6-8H,4-5H2,1-3H3. The van der Waals surface area contributed by atoms with Crippen molar-refractivity contribution in [3.8, 4) is 0 Å². The second-order valence-corrected chi connectivity index (χ2v) is 4.26. The molecule has 0 amide bonds. The topological polar surface area (TPSA) is 43.4 Å². The van der Waals surface area contributed by atoms with E-state index in [9.17, 15) is 9.59 Å². The summed E-state index contributed by atoms with van der Waals surface area (Å²) in [5, 5.41) is 0. The highest BCUT2D eigenvalue weighted by Gasteiger charge is 2.14. The quantitative estimate of drug-likeness (QED) is 0.458. The Balaban J connectivity index is 3.13. The third-order valence-electron chi connectivity index (χ3n) is 2.33. The molecule has 1 aromatic rings. The minimum atomic E-state index is -0.384. The van der Waals surface area contributed by atoms with Crippen molar-refractivity contribution in [3.63, 3.8) is 0 Å². The summed E-state index contributed by atoms with van der Waals surface area (Å²) >= 11 is 1.50. The van der Waals surface area contributed by atoms with Crippen LogP contribution >= 0.6 is 11.8 Å². The molecule has 3 nitrogen and oxygen atoms in total. The van der Waals surface area contributed by atoms with Crippen molar-refractivity contribution in [1.82, 2.24) is 0 Å². The van der Waals surface area contributed by atoms with Crippen molar-refractivity contribution < 1.29 is 14.3 Å². The molecule has 17 heavy (non-hydrogen) atoms. The fourth-order valence-electron chi connectivity index (χ4n) is 1.46. The first-order chi connectivity index (χ1) is 8.13. The van der Waals surface area contributed by atoms with Gasteiger partial charge in [-0.05, 0) is 31.4 Å². The van der Waals surface area contributed by atoms with Crippen LogP contribution in [0.1, 0.15) is 41.0 Å². The molecule has 0 aromatic heterocycles. The monoisotopic (exact) mass is 252 g/mol. The molecule has 1 aromatic carbocycles. The molecular formula is C13H16O3S. The Morgan fingerprint density at radius 3 is 2.53 bits per heavy atom. The van der Waals surface area contributed by atoms with Gasteiger partial charge in [-0.1, -0.05) is 6.92 Å². The highest BCUT2D eigenvalue weighted by molar-refractivity contribution is 7.98. The zero-order valence-corrected chi connectivity index (χ0v) is 11.1. The number of Topliss-reactive ketones (excluding diaryl/α,β-unsaturated/α-hetero) is 1. The lowest BCUT2D eigenvalue weighted by atomic mass is 10.1. The number of hydrogen-bond acceptors (Lipinski definition) is 4. The predicted molar refractivity (Wildman–Crippen MR) is 68.8 cm³/mol. The van der Waals surface area contributed by atoms with Crippen LogP contribution in [-0.2, 0) is 4.74 Å². The van der Waals surface area contributed by atoms with Crippen molar-refractivity contribution in [2.45, 2.75) is 25.2 Å². The van der Waals surface area contributed by atoms with Gasteiger partial charge in [-0.2, -0.15) is 0 Å². The lowest BCUT2D eigenvalue weighted by molar-refractivity contribution is 0.0526. The first kappa shape index (κ1) is 13.8. The highest BCUT2D eigenvalue weighted by Crippen LogP contribution is 2.23. The van der Waals surface area contributed by atoms with E-state index >= 15 is 0 Å². The third-order valence-corrected chi connectivity index (χ3v) is 3.13. The van der Waals surface area contributed by atoms with Gasteiger partial charge in [0.05, 0.1) is 12.2 Å². The maximum absolute atomic E-state index is 11.8. The Kier molecular flexibility index (Phi) is 5.22. The molecular weight excluding hydrogens is 236 g/mol. The summed E-state index contributed by atoms with van der Waals surface area (Å²) in [6.45, 7) is 3.90. The van der Waals surface area contributed by atoms with E-state index in [2.05, 4.69) is 0 Å². The average Bonchev–Trinajstić information content (AvgIpc) is 2.37.